The lowest BCUT2D eigenvalue weighted by atomic mass is 9.98. The van der Waals surface area contributed by atoms with E-state index in [0.717, 1.165) is 12.8 Å². The average molecular weight is 212 g/mol. The lowest BCUT2D eigenvalue weighted by Gasteiger charge is -2.12. The van der Waals surface area contributed by atoms with Crippen molar-refractivity contribution in [3.8, 4) is 0 Å². The Bertz CT molecular complexity index is 170. The number of alkyl halides is 2. The molecule has 0 saturated heterocycles. The van der Waals surface area contributed by atoms with Crippen LogP contribution < -0.4 is 5.73 Å². The van der Waals surface area contributed by atoms with Crippen molar-refractivity contribution in [2.75, 3.05) is 6.54 Å². The molecule has 13 heavy (non-hydrogen) atoms. The van der Waals surface area contributed by atoms with E-state index >= 15 is 0 Å². The molecule has 2 fully saturated rings. The second kappa shape index (κ2) is 3.70. The van der Waals surface area contributed by atoms with Gasteiger partial charge >= 0.3 is 0 Å². The van der Waals surface area contributed by atoms with Gasteiger partial charge in [0.15, 0.2) is 0 Å². The number of hydrogen-bond donors (Lipinski definition) is 1. The zero-order valence-corrected chi connectivity index (χ0v) is 8.33. The van der Waals surface area contributed by atoms with Crippen molar-refractivity contribution in [1.29, 1.82) is 0 Å². The lowest BCUT2D eigenvalue weighted by molar-refractivity contribution is 0.0757. The Morgan fingerprint density at radius 1 is 1.08 bits per heavy atom. The molecule has 2 saturated carbocycles. The monoisotopic (exact) mass is 211 g/mol. The van der Waals surface area contributed by atoms with Gasteiger partial charge in [-0.3, -0.25) is 0 Å². The molecule has 2 aliphatic carbocycles. The summed E-state index contributed by atoms with van der Waals surface area (Å²) in [6.07, 6.45) is 3.21. The minimum atomic E-state index is -2.32. The largest absolute Gasteiger partial charge is 0.330 e. The first kappa shape index (κ1) is 11.2. The van der Waals surface area contributed by atoms with E-state index in [9.17, 15) is 8.78 Å². The van der Waals surface area contributed by atoms with Gasteiger partial charge in [0.25, 0.3) is 5.92 Å². The van der Waals surface area contributed by atoms with Gasteiger partial charge in [0, 0.05) is 11.8 Å². The van der Waals surface area contributed by atoms with Gasteiger partial charge in [-0.05, 0) is 38.1 Å². The Balaban J connectivity index is 0.000000845. The molecular weight excluding hydrogens is 196 g/mol. The molecule has 0 spiro atoms. The van der Waals surface area contributed by atoms with Crippen LogP contribution in [-0.4, -0.2) is 12.5 Å². The molecular formula is C9H16ClF2N. The van der Waals surface area contributed by atoms with Gasteiger partial charge < -0.3 is 5.73 Å². The Kier molecular flexibility index (Phi) is 3.18. The smallest absolute Gasteiger partial charge is 0.254 e. The Morgan fingerprint density at radius 3 is 1.92 bits per heavy atom. The fraction of sp³-hybridized carbons (Fsp3) is 1.00. The van der Waals surface area contributed by atoms with E-state index in [-0.39, 0.29) is 24.2 Å². The maximum absolute atomic E-state index is 12.9. The van der Waals surface area contributed by atoms with Crippen molar-refractivity contribution in [3.63, 3.8) is 0 Å². The first-order valence-electron chi connectivity index (χ1n) is 4.74. The minimum absolute atomic E-state index is 0. The first-order chi connectivity index (χ1) is 5.66. The summed E-state index contributed by atoms with van der Waals surface area (Å²) in [5.41, 5.74) is 5.51. The standard InChI is InChI=1S/C9H15F2N.ClH/c10-9(11)7-3-1-6(5-12)2-4-8(7)9;/h6-8H,1-5,12H2;1H. The highest BCUT2D eigenvalue weighted by molar-refractivity contribution is 5.85. The van der Waals surface area contributed by atoms with E-state index in [1.54, 1.807) is 0 Å². The topological polar surface area (TPSA) is 26.0 Å². The van der Waals surface area contributed by atoms with Crippen LogP contribution >= 0.6 is 12.4 Å². The van der Waals surface area contributed by atoms with Crippen molar-refractivity contribution in [2.24, 2.45) is 23.5 Å². The van der Waals surface area contributed by atoms with Crippen LogP contribution in [0.1, 0.15) is 25.7 Å². The van der Waals surface area contributed by atoms with Crippen LogP contribution in [0.25, 0.3) is 0 Å². The van der Waals surface area contributed by atoms with E-state index in [1.165, 1.54) is 0 Å². The maximum atomic E-state index is 12.9. The second-order valence-electron chi connectivity index (χ2n) is 4.14. The summed E-state index contributed by atoms with van der Waals surface area (Å²) in [7, 11) is 0. The number of nitrogens with two attached hydrogens (primary N) is 1. The highest BCUT2D eigenvalue weighted by Gasteiger charge is 2.67. The van der Waals surface area contributed by atoms with E-state index in [2.05, 4.69) is 0 Å². The molecule has 0 aromatic carbocycles. The molecule has 0 bridgehead atoms. The molecule has 2 rings (SSSR count). The van der Waals surface area contributed by atoms with Gasteiger partial charge in [-0.15, -0.1) is 12.4 Å². The second-order valence-corrected chi connectivity index (χ2v) is 4.14. The van der Waals surface area contributed by atoms with Crippen LogP contribution in [0.2, 0.25) is 0 Å². The molecule has 2 atom stereocenters. The molecule has 2 unspecified atom stereocenters. The van der Waals surface area contributed by atoms with E-state index < -0.39 is 5.92 Å². The fourth-order valence-corrected chi connectivity index (χ4v) is 2.46. The number of hydrogen-bond acceptors (Lipinski definition) is 1. The third-order valence-electron chi connectivity index (χ3n) is 3.47. The van der Waals surface area contributed by atoms with E-state index in [1.807, 2.05) is 0 Å². The van der Waals surface area contributed by atoms with Crippen LogP contribution in [0.5, 0.6) is 0 Å². The quantitative estimate of drug-likeness (QED) is 0.709. The van der Waals surface area contributed by atoms with E-state index in [4.69, 9.17) is 5.73 Å². The minimum Gasteiger partial charge on any atom is -0.330 e. The van der Waals surface area contributed by atoms with Crippen molar-refractivity contribution in [2.45, 2.75) is 31.6 Å². The van der Waals surface area contributed by atoms with Crippen molar-refractivity contribution in [1.82, 2.24) is 0 Å². The summed E-state index contributed by atoms with van der Waals surface area (Å²) in [6, 6.07) is 0. The zero-order chi connectivity index (χ0) is 8.77. The predicted molar refractivity (Wildman–Crippen MR) is 50.2 cm³/mol. The number of fused-ring (bicyclic) bond motifs is 1. The SMILES string of the molecule is Cl.NCC1CCC2C(CC1)C2(F)F. The summed E-state index contributed by atoms with van der Waals surface area (Å²) in [6.45, 7) is 0.672. The summed E-state index contributed by atoms with van der Waals surface area (Å²) in [5.74, 6) is -2.41. The summed E-state index contributed by atoms with van der Waals surface area (Å²) in [4.78, 5) is 0. The van der Waals surface area contributed by atoms with Gasteiger partial charge in [-0.1, -0.05) is 0 Å². The molecule has 0 aromatic heterocycles. The Labute approximate surface area is 83.5 Å². The Hall–Kier alpha value is 0.110. The Morgan fingerprint density at radius 2 is 1.54 bits per heavy atom. The third kappa shape index (κ3) is 1.82. The highest BCUT2D eigenvalue weighted by atomic mass is 35.5. The zero-order valence-electron chi connectivity index (χ0n) is 7.51. The van der Waals surface area contributed by atoms with Crippen LogP contribution in [0, 0.1) is 17.8 Å². The summed E-state index contributed by atoms with van der Waals surface area (Å²) >= 11 is 0. The van der Waals surface area contributed by atoms with Crippen molar-refractivity contribution < 1.29 is 8.78 Å². The lowest BCUT2D eigenvalue weighted by Crippen LogP contribution is -2.15. The number of halogens is 3. The summed E-state index contributed by atoms with van der Waals surface area (Å²) in [5, 5.41) is 0. The van der Waals surface area contributed by atoms with Crippen molar-refractivity contribution in [3.05, 3.63) is 0 Å². The first-order valence-corrected chi connectivity index (χ1v) is 4.74. The molecule has 2 N–H and O–H groups in total. The normalized spacial score (nSPS) is 41.3. The molecule has 0 radical (unpaired) electrons. The third-order valence-corrected chi connectivity index (χ3v) is 3.47. The van der Waals surface area contributed by atoms with Gasteiger partial charge in [-0.2, -0.15) is 0 Å². The van der Waals surface area contributed by atoms with Gasteiger partial charge in [0.1, 0.15) is 0 Å². The molecule has 0 amide bonds. The number of rotatable bonds is 1. The molecule has 0 aliphatic heterocycles. The highest BCUT2D eigenvalue weighted by Crippen LogP contribution is 2.61. The van der Waals surface area contributed by atoms with Crippen LogP contribution in [0.3, 0.4) is 0 Å². The van der Waals surface area contributed by atoms with Gasteiger partial charge in [0.2, 0.25) is 0 Å². The summed E-state index contributed by atoms with van der Waals surface area (Å²) < 4.78 is 25.8. The van der Waals surface area contributed by atoms with Gasteiger partial charge in [-0.25, -0.2) is 8.78 Å². The van der Waals surface area contributed by atoms with Crippen LogP contribution in [0.15, 0.2) is 0 Å². The maximum Gasteiger partial charge on any atom is 0.254 e. The van der Waals surface area contributed by atoms with Crippen LogP contribution in [-0.2, 0) is 0 Å². The molecule has 0 aromatic rings. The fourth-order valence-electron chi connectivity index (χ4n) is 2.46. The molecule has 78 valence electrons. The average Bonchev–Trinajstić information content (AvgIpc) is 2.63. The van der Waals surface area contributed by atoms with Gasteiger partial charge in [0.05, 0.1) is 0 Å². The molecule has 1 nitrogen and oxygen atoms in total. The molecule has 0 heterocycles. The predicted octanol–water partition coefficient (Wildman–Crippen LogP) is 2.44. The van der Waals surface area contributed by atoms with E-state index in [0.29, 0.717) is 25.3 Å². The molecule has 2 aliphatic rings. The molecule has 4 heteroatoms. The van der Waals surface area contributed by atoms with Crippen molar-refractivity contribution >= 4 is 12.4 Å². The van der Waals surface area contributed by atoms with Crippen LogP contribution in [0.4, 0.5) is 8.78 Å².